The fourth-order valence-electron chi connectivity index (χ4n) is 2.33. The van der Waals surface area contributed by atoms with Crippen LogP contribution in [0.5, 0.6) is 0 Å². The fraction of sp³-hybridized carbons (Fsp3) is 0.500. The van der Waals surface area contributed by atoms with Gasteiger partial charge in [-0.1, -0.05) is 0 Å². The Balaban J connectivity index is 3.63. The first-order chi connectivity index (χ1) is 7.29. The van der Waals surface area contributed by atoms with E-state index in [-0.39, 0.29) is 0 Å². The molecule has 0 amide bonds. The maximum atomic E-state index is 5.87. The lowest BCUT2D eigenvalue weighted by molar-refractivity contribution is 0.663. The van der Waals surface area contributed by atoms with Crippen LogP contribution in [0, 0.1) is 27.7 Å². The van der Waals surface area contributed by atoms with Gasteiger partial charge in [0.15, 0.2) is 0 Å². The largest absolute Gasteiger partial charge is 0.314 e. The molecule has 89 valence electrons. The van der Waals surface area contributed by atoms with Gasteiger partial charge in [0.1, 0.15) is 7.05 Å². The number of nitrogens with two attached hydrogens (primary N) is 2. The Kier molecular flexibility index (Phi) is 3.57. The summed E-state index contributed by atoms with van der Waals surface area (Å²) in [5, 5.41) is 3.34. The zero-order valence-corrected chi connectivity index (χ0v) is 11.0. The van der Waals surface area contributed by atoms with Crippen molar-refractivity contribution in [1.82, 2.24) is 5.01 Å². The van der Waals surface area contributed by atoms with Crippen molar-refractivity contribution < 1.29 is 0 Å². The van der Waals surface area contributed by atoms with Gasteiger partial charge >= 0.3 is 0 Å². The molecule has 0 spiro atoms. The zero-order chi connectivity index (χ0) is 12.6. The smallest absolute Gasteiger partial charge is 0.209 e. The first kappa shape index (κ1) is 13.0. The van der Waals surface area contributed by atoms with Crippen LogP contribution >= 0.6 is 0 Å². The van der Waals surface area contributed by atoms with E-state index in [1.807, 2.05) is 14.1 Å². The zero-order valence-electron chi connectivity index (χ0n) is 11.0. The van der Waals surface area contributed by atoms with Crippen LogP contribution in [0.4, 0.5) is 11.4 Å². The first-order valence-electron chi connectivity index (χ1n) is 5.36. The monoisotopic (exact) mass is 222 g/mol. The van der Waals surface area contributed by atoms with Crippen LogP contribution < -0.4 is 21.7 Å². The molecule has 0 unspecified atom stereocenters. The summed E-state index contributed by atoms with van der Waals surface area (Å²) in [5.41, 5.74) is 6.89. The fourth-order valence-corrected chi connectivity index (χ4v) is 2.33. The Morgan fingerprint density at radius 3 is 1.56 bits per heavy atom. The Hall–Kier alpha value is -1.10. The van der Waals surface area contributed by atoms with Gasteiger partial charge in [-0.3, -0.25) is 0 Å². The summed E-state index contributed by atoms with van der Waals surface area (Å²) in [5.74, 6) is 11.7. The van der Waals surface area contributed by atoms with E-state index in [9.17, 15) is 0 Å². The molecule has 0 aliphatic heterocycles. The quantitative estimate of drug-likeness (QED) is 0.453. The van der Waals surface area contributed by atoms with Crippen LogP contribution in [0.25, 0.3) is 0 Å². The lowest BCUT2D eigenvalue weighted by Crippen LogP contribution is -2.31. The molecule has 1 aromatic rings. The molecule has 0 aromatic heterocycles. The molecular formula is C12H22N4+. The van der Waals surface area contributed by atoms with E-state index in [1.165, 1.54) is 22.3 Å². The molecule has 4 N–H and O–H groups in total. The molecule has 1 rings (SSSR count). The van der Waals surface area contributed by atoms with Crippen LogP contribution in [0.1, 0.15) is 22.3 Å². The molecule has 0 fully saturated rings. The van der Waals surface area contributed by atoms with Gasteiger partial charge in [-0.25, -0.2) is 5.84 Å². The number of rotatable bonds is 2. The average molecular weight is 222 g/mol. The summed E-state index contributed by atoms with van der Waals surface area (Å²) in [7, 11) is 3.72. The van der Waals surface area contributed by atoms with Crippen LogP contribution in [0.15, 0.2) is 0 Å². The summed E-state index contributed by atoms with van der Waals surface area (Å²) < 4.78 is 0. The summed E-state index contributed by atoms with van der Waals surface area (Å²) in [6, 6.07) is 0. The molecule has 0 aliphatic carbocycles. The number of anilines is 2. The second-order valence-corrected chi connectivity index (χ2v) is 4.42. The lowest BCUT2D eigenvalue weighted by atomic mass is 9.95. The van der Waals surface area contributed by atoms with Crippen molar-refractivity contribution in [3.8, 4) is 0 Å². The standard InChI is InChI=1S/C12H22N4/c1-7-8(2)12(16(6)14)10(4)9(3)11(7)15(5)13/h13-14H2,1-6H3/q+1. The predicted octanol–water partition coefficient (Wildman–Crippen LogP) is 1.51. The third-order valence-electron chi connectivity index (χ3n) is 3.25. The molecule has 0 heterocycles. The minimum Gasteiger partial charge on any atom is -0.314 e. The van der Waals surface area contributed by atoms with Crippen LogP contribution in [0.2, 0.25) is 0 Å². The molecule has 4 heteroatoms. The van der Waals surface area contributed by atoms with E-state index in [4.69, 9.17) is 11.7 Å². The van der Waals surface area contributed by atoms with Gasteiger partial charge in [-0.2, -0.15) is 0 Å². The predicted molar refractivity (Wildman–Crippen MR) is 69.9 cm³/mol. The van der Waals surface area contributed by atoms with E-state index >= 15 is 0 Å². The molecule has 0 saturated heterocycles. The van der Waals surface area contributed by atoms with E-state index < -0.39 is 0 Å². The van der Waals surface area contributed by atoms with Crippen molar-refractivity contribution in [2.24, 2.45) is 11.7 Å². The minimum absolute atomic E-state index is 1.08. The van der Waals surface area contributed by atoms with E-state index in [0.717, 1.165) is 11.4 Å². The van der Waals surface area contributed by atoms with Crippen molar-refractivity contribution >= 4 is 11.4 Å². The summed E-state index contributed by atoms with van der Waals surface area (Å²) in [6.07, 6.45) is 0. The number of hydrazine groups is 2. The molecule has 0 aliphatic rings. The number of hydrogen-bond acceptors (Lipinski definition) is 4. The number of benzene rings is 1. The molecule has 4 nitrogen and oxygen atoms in total. The summed E-state index contributed by atoms with van der Waals surface area (Å²) >= 11 is 0. The van der Waals surface area contributed by atoms with Gasteiger partial charge in [0.05, 0.1) is 5.69 Å². The molecule has 16 heavy (non-hydrogen) atoms. The van der Waals surface area contributed by atoms with Crippen LogP contribution in [-0.4, -0.2) is 14.1 Å². The van der Waals surface area contributed by atoms with Gasteiger partial charge in [0.25, 0.3) is 0 Å². The Bertz CT molecular complexity index is 340. The lowest BCUT2D eigenvalue weighted by Gasteiger charge is -2.22. The molecular weight excluding hydrogens is 200 g/mol. The second kappa shape index (κ2) is 4.41. The van der Waals surface area contributed by atoms with Crippen molar-refractivity contribution in [2.45, 2.75) is 27.7 Å². The highest BCUT2D eigenvalue weighted by Gasteiger charge is 2.23. The Labute approximate surface area is 97.8 Å². The van der Waals surface area contributed by atoms with Crippen molar-refractivity contribution in [2.75, 3.05) is 19.1 Å². The molecule has 1 radical (unpaired) electrons. The Morgan fingerprint density at radius 1 is 0.938 bits per heavy atom. The summed E-state index contributed by atoms with van der Waals surface area (Å²) in [6.45, 7) is 8.31. The number of nitrogens with zero attached hydrogens (tertiary/aromatic N) is 2. The molecule has 1 aromatic carbocycles. The van der Waals surface area contributed by atoms with Gasteiger partial charge in [-0.05, 0) is 43.8 Å². The van der Waals surface area contributed by atoms with Crippen LogP contribution in [0.3, 0.4) is 0 Å². The maximum absolute atomic E-state index is 5.87. The number of hydrogen-bond donors (Lipinski definition) is 2. The molecule has 0 atom stereocenters. The van der Waals surface area contributed by atoms with E-state index in [1.54, 1.807) is 10.0 Å². The van der Waals surface area contributed by atoms with Crippen molar-refractivity contribution in [3.05, 3.63) is 22.3 Å². The molecule has 0 bridgehead atoms. The first-order valence-corrected chi connectivity index (χ1v) is 5.36. The van der Waals surface area contributed by atoms with Crippen molar-refractivity contribution in [1.29, 1.82) is 0 Å². The Morgan fingerprint density at radius 2 is 1.31 bits per heavy atom. The maximum Gasteiger partial charge on any atom is 0.209 e. The second-order valence-electron chi connectivity index (χ2n) is 4.42. The SMILES string of the molecule is Cc1c(C)c([N+](C)N)c(C)c(C)c1N(C)N. The summed E-state index contributed by atoms with van der Waals surface area (Å²) in [4.78, 5) is 0. The molecule has 0 saturated carbocycles. The topological polar surface area (TPSA) is 61.2 Å². The third-order valence-corrected chi connectivity index (χ3v) is 3.25. The minimum atomic E-state index is 1.08. The van der Waals surface area contributed by atoms with Gasteiger partial charge in [-0.15, -0.1) is 5.84 Å². The van der Waals surface area contributed by atoms with Gasteiger partial charge < -0.3 is 5.01 Å². The average Bonchev–Trinajstić information content (AvgIpc) is 2.14. The third kappa shape index (κ3) is 1.91. The van der Waals surface area contributed by atoms with Crippen LogP contribution in [-0.2, 0) is 0 Å². The highest BCUT2D eigenvalue weighted by molar-refractivity contribution is 5.71. The van der Waals surface area contributed by atoms with Crippen molar-refractivity contribution in [3.63, 3.8) is 0 Å². The highest BCUT2D eigenvalue weighted by Crippen LogP contribution is 2.35. The van der Waals surface area contributed by atoms with Gasteiger partial charge in [0.2, 0.25) is 5.69 Å². The van der Waals surface area contributed by atoms with E-state index in [2.05, 4.69) is 27.7 Å². The normalized spacial score (nSPS) is 11.1. The highest BCUT2D eigenvalue weighted by atomic mass is 15.4. The van der Waals surface area contributed by atoms with E-state index in [0.29, 0.717) is 0 Å². The van der Waals surface area contributed by atoms with Gasteiger partial charge in [0, 0.05) is 18.2 Å².